The zero-order valence-electron chi connectivity index (χ0n) is 16.3. The predicted octanol–water partition coefficient (Wildman–Crippen LogP) is 4.12. The van der Waals surface area contributed by atoms with E-state index in [0.717, 1.165) is 15.0 Å². The van der Waals surface area contributed by atoms with Crippen molar-refractivity contribution in [1.29, 1.82) is 0 Å². The molecule has 0 atom stereocenters. The van der Waals surface area contributed by atoms with E-state index in [2.05, 4.69) is 5.32 Å². The van der Waals surface area contributed by atoms with Gasteiger partial charge in [0.25, 0.3) is 5.56 Å². The van der Waals surface area contributed by atoms with E-state index < -0.39 is 11.2 Å². The van der Waals surface area contributed by atoms with Gasteiger partial charge >= 0.3 is 5.69 Å². The number of rotatable bonds is 4. The van der Waals surface area contributed by atoms with Gasteiger partial charge < -0.3 is 5.32 Å². The molecule has 0 aliphatic rings. The normalized spacial score (nSPS) is 11.0. The van der Waals surface area contributed by atoms with Crippen molar-refractivity contribution in [2.75, 3.05) is 5.32 Å². The fraction of sp³-hybridized carbons (Fsp3) is 0.136. The van der Waals surface area contributed by atoms with E-state index in [1.807, 2.05) is 32.0 Å². The van der Waals surface area contributed by atoms with E-state index in [9.17, 15) is 14.4 Å². The van der Waals surface area contributed by atoms with Gasteiger partial charge in [-0.3, -0.25) is 14.2 Å². The first-order chi connectivity index (χ1) is 14.3. The Morgan fingerprint density at radius 3 is 2.57 bits per heavy atom. The predicted molar refractivity (Wildman–Crippen MR) is 121 cm³/mol. The van der Waals surface area contributed by atoms with E-state index in [-0.39, 0.29) is 12.5 Å². The van der Waals surface area contributed by atoms with Gasteiger partial charge in [-0.2, -0.15) is 0 Å². The second-order valence-corrected chi connectivity index (χ2v) is 8.60. The molecule has 4 aromatic rings. The van der Waals surface area contributed by atoms with Crippen LogP contribution in [0, 0.1) is 13.8 Å². The zero-order valence-corrected chi connectivity index (χ0v) is 17.9. The van der Waals surface area contributed by atoms with Gasteiger partial charge in [0.1, 0.15) is 11.4 Å². The number of carbonyl (C=O) groups is 1. The molecule has 2 aromatic heterocycles. The van der Waals surface area contributed by atoms with Crippen LogP contribution in [0.4, 0.5) is 5.69 Å². The van der Waals surface area contributed by atoms with Crippen molar-refractivity contribution in [3.8, 4) is 5.69 Å². The Hall–Kier alpha value is -3.16. The summed E-state index contributed by atoms with van der Waals surface area (Å²) in [7, 11) is 0. The zero-order chi connectivity index (χ0) is 21.4. The van der Waals surface area contributed by atoms with Crippen LogP contribution in [-0.2, 0) is 11.3 Å². The highest BCUT2D eigenvalue weighted by molar-refractivity contribution is 7.18. The van der Waals surface area contributed by atoms with Gasteiger partial charge in [0.05, 0.1) is 11.1 Å². The molecule has 8 heteroatoms. The molecular formula is C22H18ClN3O3S. The van der Waals surface area contributed by atoms with Crippen LogP contribution < -0.4 is 16.6 Å². The Labute approximate surface area is 181 Å². The molecule has 0 aliphatic heterocycles. The minimum absolute atomic E-state index is 0.218. The lowest BCUT2D eigenvalue weighted by molar-refractivity contribution is -0.116. The van der Waals surface area contributed by atoms with Gasteiger partial charge in [-0.25, -0.2) is 9.36 Å². The third kappa shape index (κ3) is 3.69. The first kappa shape index (κ1) is 20.1. The average molecular weight is 440 g/mol. The monoisotopic (exact) mass is 439 g/mol. The summed E-state index contributed by atoms with van der Waals surface area (Å²) >= 11 is 7.37. The number of carbonyl (C=O) groups excluding carboxylic acids is 1. The summed E-state index contributed by atoms with van der Waals surface area (Å²) in [4.78, 5) is 40.4. The first-order valence-electron chi connectivity index (χ1n) is 9.22. The molecular weight excluding hydrogens is 422 g/mol. The fourth-order valence-corrected chi connectivity index (χ4v) is 4.47. The molecule has 0 fully saturated rings. The molecule has 0 saturated heterocycles. The molecule has 6 nitrogen and oxygen atoms in total. The third-order valence-corrected chi connectivity index (χ3v) is 6.03. The van der Waals surface area contributed by atoms with Crippen LogP contribution in [0.1, 0.15) is 10.4 Å². The maximum absolute atomic E-state index is 13.3. The summed E-state index contributed by atoms with van der Waals surface area (Å²) in [5.74, 6) is -0.352. The number of halogens is 1. The molecule has 1 N–H and O–H groups in total. The van der Waals surface area contributed by atoms with Gasteiger partial charge in [0.2, 0.25) is 5.91 Å². The van der Waals surface area contributed by atoms with Crippen molar-refractivity contribution in [3.05, 3.63) is 90.9 Å². The van der Waals surface area contributed by atoms with E-state index in [4.69, 9.17) is 11.6 Å². The number of nitrogens with one attached hydrogen (secondary N) is 1. The van der Waals surface area contributed by atoms with Gasteiger partial charge in [-0.15, -0.1) is 11.3 Å². The molecule has 0 bridgehead atoms. The van der Waals surface area contributed by atoms with Gasteiger partial charge in [-0.1, -0.05) is 35.9 Å². The van der Waals surface area contributed by atoms with Crippen molar-refractivity contribution in [1.82, 2.24) is 9.13 Å². The number of amides is 1. The molecule has 2 aromatic carbocycles. The molecule has 0 saturated carbocycles. The number of hydrogen-bond acceptors (Lipinski definition) is 4. The number of aryl methyl sites for hydroxylation is 2. The number of para-hydroxylation sites is 1. The second kappa shape index (κ2) is 7.93. The van der Waals surface area contributed by atoms with Crippen molar-refractivity contribution in [2.24, 2.45) is 0 Å². The van der Waals surface area contributed by atoms with Crippen molar-refractivity contribution >= 4 is 44.7 Å². The Morgan fingerprint density at radius 2 is 1.83 bits per heavy atom. The Bertz CT molecular complexity index is 1400. The van der Waals surface area contributed by atoms with Crippen LogP contribution in [0.25, 0.3) is 15.9 Å². The van der Waals surface area contributed by atoms with E-state index in [0.29, 0.717) is 26.6 Å². The summed E-state index contributed by atoms with van der Waals surface area (Å²) in [6, 6.07) is 15.7. The number of fused-ring (bicyclic) bond motifs is 1. The number of hydrogen-bond donors (Lipinski definition) is 1. The maximum atomic E-state index is 13.3. The minimum atomic E-state index is -0.587. The molecule has 2 heterocycles. The van der Waals surface area contributed by atoms with Crippen molar-refractivity contribution in [3.63, 3.8) is 0 Å². The summed E-state index contributed by atoms with van der Waals surface area (Å²) in [5.41, 5.74) is 0.932. The Morgan fingerprint density at radius 1 is 1.07 bits per heavy atom. The fourth-order valence-electron chi connectivity index (χ4n) is 3.30. The largest absolute Gasteiger partial charge is 0.337 e. The third-order valence-electron chi connectivity index (χ3n) is 4.72. The summed E-state index contributed by atoms with van der Waals surface area (Å²) in [5, 5.41) is 3.63. The number of benzene rings is 2. The lowest BCUT2D eigenvalue weighted by Gasteiger charge is -2.13. The second-order valence-electron chi connectivity index (χ2n) is 6.93. The highest BCUT2D eigenvalue weighted by atomic mass is 35.5. The van der Waals surface area contributed by atoms with E-state index in [1.165, 1.54) is 15.9 Å². The molecule has 0 radical (unpaired) electrons. The van der Waals surface area contributed by atoms with Crippen LogP contribution in [0.3, 0.4) is 0 Å². The van der Waals surface area contributed by atoms with Gasteiger partial charge in [0.15, 0.2) is 0 Å². The minimum Gasteiger partial charge on any atom is -0.324 e. The number of anilines is 1. The first-order valence-corrected chi connectivity index (χ1v) is 10.4. The summed E-state index contributed by atoms with van der Waals surface area (Å²) in [6.07, 6.45) is 0. The molecule has 30 heavy (non-hydrogen) atoms. The lowest BCUT2D eigenvalue weighted by atomic mass is 10.2. The SMILES string of the molecule is Cc1cc2c(=O)n(-c3cccc(Cl)c3)c(=O)n(CC(=O)Nc3ccccc3C)c2s1. The number of nitrogens with zero attached hydrogens (tertiary/aromatic N) is 2. The molecule has 0 spiro atoms. The van der Waals surface area contributed by atoms with Gasteiger partial charge in [0, 0.05) is 15.6 Å². The number of thiophene rings is 1. The molecule has 152 valence electrons. The highest BCUT2D eigenvalue weighted by Crippen LogP contribution is 2.22. The topological polar surface area (TPSA) is 73.1 Å². The van der Waals surface area contributed by atoms with Crippen molar-refractivity contribution < 1.29 is 4.79 Å². The highest BCUT2D eigenvalue weighted by Gasteiger charge is 2.19. The molecule has 0 unspecified atom stereocenters. The molecule has 4 rings (SSSR count). The number of aromatic nitrogens is 2. The quantitative estimate of drug-likeness (QED) is 0.519. The van der Waals surface area contributed by atoms with Crippen LogP contribution in [0.15, 0.2) is 64.2 Å². The summed E-state index contributed by atoms with van der Waals surface area (Å²) in [6.45, 7) is 3.53. The molecule has 0 aliphatic carbocycles. The average Bonchev–Trinajstić information content (AvgIpc) is 3.09. The standard InChI is InChI=1S/C22H18ClN3O3S/c1-13-6-3-4-9-18(13)24-19(27)12-25-21-17(10-14(2)30-21)20(28)26(22(25)29)16-8-5-7-15(23)11-16/h3-11H,12H2,1-2H3,(H,24,27). The van der Waals surface area contributed by atoms with Crippen molar-refractivity contribution in [2.45, 2.75) is 20.4 Å². The van der Waals surface area contributed by atoms with Crippen LogP contribution in [0.5, 0.6) is 0 Å². The smallest absolute Gasteiger partial charge is 0.324 e. The Balaban J connectivity index is 1.85. The van der Waals surface area contributed by atoms with Gasteiger partial charge in [-0.05, 0) is 49.7 Å². The van der Waals surface area contributed by atoms with Crippen LogP contribution in [-0.4, -0.2) is 15.0 Å². The molecule has 1 amide bonds. The maximum Gasteiger partial charge on any atom is 0.337 e. The van der Waals surface area contributed by atoms with Crippen LogP contribution in [0.2, 0.25) is 5.02 Å². The van der Waals surface area contributed by atoms with E-state index >= 15 is 0 Å². The Kier molecular flexibility index (Phi) is 5.32. The van der Waals surface area contributed by atoms with E-state index in [1.54, 1.807) is 36.4 Å². The van der Waals surface area contributed by atoms with Crippen LogP contribution >= 0.6 is 22.9 Å². The lowest BCUT2D eigenvalue weighted by Crippen LogP contribution is -2.40. The summed E-state index contributed by atoms with van der Waals surface area (Å²) < 4.78 is 2.39.